The number of benzene rings is 2. The summed E-state index contributed by atoms with van der Waals surface area (Å²) in [5, 5.41) is 0.427. The molecule has 4 nitrogen and oxygen atoms in total. The molecule has 0 saturated carbocycles. The second-order valence-corrected chi connectivity index (χ2v) is 7.27. The molecular formula is C20H22F2N3OS+. The molecule has 0 unspecified atom stereocenters. The van der Waals surface area contributed by atoms with Crippen LogP contribution in [0.3, 0.4) is 0 Å². The predicted molar refractivity (Wildman–Crippen MR) is 105 cm³/mol. The molecule has 0 fully saturated rings. The highest BCUT2D eigenvalue weighted by molar-refractivity contribution is 7.22. The Kier molecular flexibility index (Phi) is 6.13. The lowest BCUT2D eigenvalue weighted by atomic mass is 10.2. The van der Waals surface area contributed by atoms with Gasteiger partial charge >= 0.3 is 0 Å². The van der Waals surface area contributed by atoms with Gasteiger partial charge in [-0.3, -0.25) is 9.69 Å². The van der Waals surface area contributed by atoms with E-state index in [1.807, 2.05) is 0 Å². The van der Waals surface area contributed by atoms with Crippen molar-refractivity contribution in [3.63, 3.8) is 0 Å². The minimum absolute atomic E-state index is 0.254. The third-order valence-corrected chi connectivity index (χ3v) is 5.64. The first-order chi connectivity index (χ1) is 13.0. The van der Waals surface area contributed by atoms with Crippen molar-refractivity contribution >= 4 is 32.6 Å². The summed E-state index contributed by atoms with van der Waals surface area (Å²) in [5.41, 5.74) is 0.508. The third-order valence-electron chi connectivity index (χ3n) is 4.60. The Morgan fingerprint density at radius 1 is 1.15 bits per heavy atom. The van der Waals surface area contributed by atoms with Crippen molar-refractivity contribution in [3.8, 4) is 0 Å². The predicted octanol–water partition coefficient (Wildman–Crippen LogP) is 3.15. The molecular weight excluding hydrogens is 368 g/mol. The van der Waals surface area contributed by atoms with Gasteiger partial charge in [0.1, 0.15) is 17.2 Å². The van der Waals surface area contributed by atoms with Crippen LogP contribution < -0.4 is 9.80 Å². The van der Waals surface area contributed by atoms with Gasteiger partial charge in [-0.1, -0.05) is 23.5 Å². The largest absolute Gasteiger partial charge is 0.334 e. The van der Waals surface area contributed by atoms with E-state index >= 15 is 0 Å². The number of hydrogen-bond acceptors (Lipinski definition) is 3. The zero-order valence-electron chi connectivity index (χ0n) is 15.3. The van der Waals surface area contributed by atoms with Gasteiger partial charge in [0, 0.05) is 5.56 Å². The van der Waals surface area contributed by atoms with Crippen molar-refractivity contribution in [3.05, 3.63) is 59.7 Å². The van der Waals surface area contributed by atoms with Gasteiger partial charge in [0.05, 0.1) is 30.9 Å². The Labute approximate surface area is 161 Å². The molecule has 2 aromatic carbocycles. The van der Waals surface area contributed by atoms with Gasteiger partial charge in [0.15, 0.2) is 5.13 Å². The van der Waals surface area contributed by atoms with E-state index in [2.05, 4.69) is 18.8 Å². The number of para-hydroxylation sites is 1. The molecule has 3 aromatic rings. The molecule has 1 aromatic heterocycles. The van der Waals surface area contributed by atoms with Gasteiger partial charge in [-0.25, -0.2) is 13.8 Å². The number of thiazole rings is 1. The van der Waals surface area contributed by atoms with Crippen LogP contribution in [0.5, 0.6) is 0 Å². The maximum Gasteiger partial charge on any atom is 0.260 e. The second kappa shape index (κ2) is 8.54. The Balaban J connectivity index is 1.97. The van der Waals surface area contributed by atoms with Gasteiger partial charge in [0.2, 0.25) is 0 Å². The van der Waals surface area contributed by atoms with Gasteiger partial charge in [-0.2, -0.15) is 0 Å². The van der Waals surface area contributed by atoms with Crippen molar-refractivity contribution in [1.29, 1.82) is 0 Å². The lowest BCUT2D eigenvalue weighted by molar-refractivity contribution is -0.894. The summed E-state index contributed by atoms with van der Waals surface area (Å²) in [5.74, 6) is -1.21. The number of hydrogen-bond donors (Lipinski definition) is 1. The van der Waals surface area contributed by atoms with Crippen LogP contribution in [0.1, 0.15) is 24.2 Å². The SMILES string of the molecule is CC[NH+](CC)CCN(C(=O)c1cccc(F)c1)c1nc2c(F)cccc2s1. The summed E-state index contributed by atoms with van der Waals surface area (Å²) in [6.45, 7) is 7.20. The van der Waals surface area contributed by atoms with Crippen LogP contribution in [0.25, 0.3) is 10.2 Å². The van der Waals surface area contributed by atoms with E-state index in [0.717, 1.165) is 19.6 Å². The van der Waals surface area contributed by atoms with Crippen molar-refractivity contribution in [2.75, 3.05) is 31.1 Å². The number of carbonyl (C=O) groups excluding carboxylic acids is 1. The molecule has 0 aliphatic rings. The third kappa shape index (κ3) is 4.31. The molecule has 1 heterocycles. The van der Waals surface area contributed by atoms with Gasteiger partial charge < -0.3 is 4.90 Å². The molecule has 7 heteroatoms. The summed E-state index contributed by atoms with van der Waals surface area (Å²) < 4.78 is 28.3. The Bertz CT molecular complexity index is 940. The number of aromatic nitrogens is 1. The number of fused-ring (bicyclic) bond motifs is 1. The number of carbonyl (C=O) groups is 1. The molecule has 1 N–H and O–H groups in total. The van der Waals surface area contributed by atoms with Crippen molar-refractivity contribution in [2.24, 2.45) is 0 Å². The number of likely N-dealkylation sites (N-methyl/N-ethyl adjacent to an activating group) is 1. The smallest absolute Gasteiger partial charge is 0.260 e. The van der Waals surface area contributed by atoms with Crippen molar-refractivity contribution < 1.29 is 18.5 Å². The lowest BCUT2D eigenvalue weighted by Gasteiger charge is -2.23. The van der Waals surface area contributed by atoms with E-state index < -0.39 is 11.6 Å². The second-order valence-electron chi connectivity index (χ2n) is 6.26. The van der Waals surface area contributed by atoms with E-state index in [-0.39, 0.29) is 17.0 Å². The zero-order valence-corrected chi connectivity index (χ0v) is 16.2. The number of anilines is 1. The fourth-order valence-electron chi connectivity index (χ4n) is 2.95. The van der Waals surface area contributed by atoms with Crippen LogP contribution in [0.4, 0.5) is 13.9 Å². The molecule has 0 spiro atoms. The first-order valence-electron chi connectivity index (χ1n) is 8.99. The highest BCUT2D eigenvalue weighted by Crippen LogP contribution is 2.30. The topological polar surface area (TPSA) is 37.6 Å². The van der Waals surface area contributed by atoms with Crippen LogP contribution in [0, 0.1) is 11.6 Å². The zero-order chi connectivity index (χ0) is 19.4. The molecule has 142 valence electrons. The summed E-state index contributed by atoms with van der Waals surface area (Å²) >= 11 is 1.26. The number of amides is 1. The maximum absolute atomic E-state index is 14.1. The summed E-state index contributed by atoms with van der Waals surface area (Å²) in [7, 11) is 0. The van der Waals surface area contributed by atoms with Crippen LogP contribution in [0.2, 0.25) is 0 Å². The van der Waals surface area contributed by atoms with E-state index in [0.29, 0.717) is 16.4 Å². The number of halogens is 2. The normalized spacial score (nSPS) is 11.3. The minimum Gasteiger partial charge on any atom is -0.334 e. The molecule has 0 aliphatic carbocycles. The molecule has 0 radical (unpaired) electrons. The average molecular weight is 390 g/mol. The van der Waals surface area contributed by atoms with Gasteiger partial charge in [-0.15, -0.1) is 0 Å². The van der Waals surface area contributed by atoms with E-state index in [1.165, 1.54) is 45.4 Å². The molecule has 0 aliphatic heterocycles. The van der Waals surface area contributed by atoms with Crippen LogP contribution in [-0.4, -0.2) is 37.1 Å². The molecule has 3 rings (SSSR count). The summed E-state index contributed by atoms with van der Waals surface area (Å²) in [6, 6.07) is 10.4. The maximum atomic E-state index is 14.1. The number of nitrogens with zero attached hydrogens (tertiary/aromatic N) is 2. The van der Waals surface area contributed by atoms with Gasteiger partial charge in [0.25, 0.3) is 5.91 Å². The van der Waals surface area contributed by atoms with E-state index in [4.69, 9.17) is 0 Å². The molecule has 1 amide bonds. The Morgan fingerprint density at radius 2 is 1.89 bits per heavy atom. The number of rotatable bonds is 7. The minimum atomic E-state index is -0.467. The number of quaternary nitrogens is 1. The van der Waals surface area contributed by atoms with Crippen LogP contribution in [0.15, 0.2) is 42.5 Å². The lowest BCUT2D eigenvalue weighted by Crippen LogP contribution is -3.12. The van der Waals surface area contributed by atoms with Crippen molar-refractivity contribution in [1.82, 2.24) is 4.98 Å². The quantitative estimate of drug-likeness (QED) is 0.673. The Hall–Kier alpha value is -2.38. The van der Waals surface area contributed by atoms with Crippen LogP contribution in [-0.2, 0) is 0 Å². The molecule has 27 heavy (non-hydrogen) atoms. The van der Waals surface area contributed by atoms with Crippen molar-refractivity contribution in [2.45, 2.75) is 13.8 Å². The molecule has 0 atom stereocenters. The fourth-order valence-corrected chi connectivity index (χ4v) is 3.96. The van der Waals surface area contributed by atoms with E-state index in [1.54, 1.807) is 18.2 Å². The highest BCUT2D eigenvalue weighted by Gasteiger charge is 2.23. The van der Waals surface area contributed by atoms with E-state index in [9.17, 15) is 13.6 Å². The highest BCUT2D eigenvalue weighted by atomic mass is 32.1. The van der Waals surface area contributed by atoms with Crippen LogP contribution >= 0.6 is 11.3 Å². The molecule has 0 saturated heterocycles. The first kappa shape index (κ1) is 19.4. The summed E-state index contributed by atoms with van der Waals surface area (Å²) in [4.78, 5) is 20.3. The average Bonchev–Trinajstić information content (AvgIpc) is 3.10. The first-order valence-corrected chi connectivity index (χ1v) is 9.81. The monoisotopic (exact) mass is 390 g/mol. The fraction of sp³-hybridized carbons (Fsp3) is 0.300. The Morgan fingerprint density at radius 3 is 2.56 bits per heavy atom. The standard InChI is InChI=1S/C20H21F2N3OS/c1-3-24(4-2)11-12-25(19(26)14-7-5-8-15(21)13-14)20-23-18-16(22)9-6-10-17(18)27-20/h5-10,13H,3-4,11-12H2,1-2H3/p+1. The number of nitrogens with one attached hydrogen (secondary N) is 1. The summed E-state index contributed by atoms with van der Waals surface area (Å²) in [6.07, 6.45) is 0. The van der Waals surface area contributed by atoms with Gasteiger partial charge in [-0.05, 0) is 44.2 Å². The molecule has 0 bridgehead atoms.